The molecule has 1 aliphatic rings. The number of rotatable bonds is 1. The van der Waals surface area contributed by atoms with E-state index in [4.69, 9.17) is 5.73 Å². The summed E-state index contributed by atoms with van der Waals surface area (Å²) in [6.45, 7) is 3.53. The molecule has 0 bridgehead atoms. The molecule has 5 heteroatoms. The first-order valence-corrected chi connectivity index (χ1v) is 6.33. The first kappa shape index (κ1) is 14.2. The minimum Gasteiger partial charge on any atom is -0.320 e. The maximum atomic E-state index is 13.3. The number of nitrogens with zero attached hydrogens (tertiary/aromatic N) is 1. The number of halogens is 1. The second kappa shape index (κ2) is 5.43. The lowest BCUT2D eigenvalue weighted by Gasteiger charge is -2.16. The van der Waals surface area contributed by atoms with Crippen molar-refractivity contribution in [3.63, 3.8) is 0 Å². The van der Waals surface area contributed by atoms with Gasteiger partial charge in [0.1, 0.15) is 5.82 Å². The number of anilines is 1. The highest BCUT2D eigenvalue weighted by Gasteiger charge is 2.43. The van der Waals surface area contributed by atoms with E-state index >= 15 is 0 Å². The summed E-state index contributed by atoms with van der Waals surface area (Å²) in [4.78, 5) is 25.4. The van der Waals surface area contributed by atoms with Crippen LogP contribution in [0.3, 0.4) is 0 Å². The third-order valence-electron chi connectivity index (χ3n) is 3.49. The van der Waals surface area contributed by atoms with E-state index < -0.39 is 5.82 Å². The first-order chi connectivity index (χ1) is 9.47. The summed E-state index contributed by atoms with van der Waals surface area (Å²) in [7, 11) is 0. The summed E-state index contributed by atoms with van der Waals surface area (Å²) in [5.41, 5.74) is 5.91. The summed E-state index contributed by atoms with van der Waals surface area (Å²) in [5, 5.41) is 0. The predicted molar refractivity (Wildman–Crippen MR) is 73.2 cm³/mol. The predicted octanol–water partition coefficient (Wildman–Crippen LogP) is 1.28. The molecule has 1 aromatic carbocycles. The quantitative estimate of drug-likeness (QED) is 0.620. The fourth-order valence-electron chi connectivity index (χ4n) is 2.13. The Bertz CT molecular complexity index is 610. The highest BCUT2D eigenvalue weighted by molar-refractivity contribution is 6.22. The molecule has 104 valence electrons. The fourth-order valence-corrected chi connectivity index (χ4v) is 2.13. The molecule has 4 nitrogen and oxygen atoms in total. The van der Waals surface area contributed by atoms with Crippen LogP contribution >= 0.6 is 0 Å². The van der Waals surface area contributed by atoms with E-state index in [1.807, 2.05) is 0 Å². The Morgan fingerprint density at radius 3 is 2.40 bits per heavy atom. The van der Waals surface area contributed by atoms with Crippen LogP contribution in [-0.4, -0.2) is 18.4 Å². The average molecular weight is 274 g/mol. The van der Waals surface area contributed by atoms with Gasteiger partial charge in [-0.3, -0.25) is 9.59 Å². The molecule has 1 saturated heterocycles. The topological polar surface area (TPSA) is 63.4 Å². The van der Waals surface area contributed by atoms with Gasteiger partial charge in [-0.15, -0.1) is 0 Å². The molecule has 2 amide bonds. The number of hydrogen-bond donors (Lipinski definition) is 1. The van der Waals surface area contributed by atoms with E-state index in [-0.39, 0.29) is 30.2 Å². The van der Waals surface area contributed by atoms with Gasteiger partial charge < -0.3 is 5.73 Å². The SMILES string of the molecule is CC1C(=O)N(c2ccc(F)cc2C#CCN)C(=O)C1C. The Kier molecular flexibility index (Phi) is 3.86. The summed E-state index contributed by atoms with van der Waals surface area (Å²) in [6.07, 6.45) is 0. The van der Waals surface area contributed by atoms with Crippen LogP contribution in [0.15, 0.2) is 18.2 Å². The van der Waals surface area contributed by atoms with E-state index in [9.17, 15) is 14.0 Å². The normalized spacial score (nSPS) is 21.9. The zero-order valence-corrected chi connectivity index (χ0v) is 11.3. The Morgan fingerprint density at radius 2 is 1.85 bits per heavy atom. The van der Waals surface area contributed by atoms with Gasteiger partial charge in [-0.25, -0.2) is 9.29 Å². The number of imide groups is 1. The molecule has 0 aliphatic carbocycles. The van der Waals surface area contributed by atoms with E-state index in [1.54, 1.807) is 13.8 Å². The van der Waals surface area contributed by atoms with Gasteiger partial charge in [-0.05, 0) is 18.2 Å². The van der Waals surface area contributed by atoms with Crippen LogP contribution in [0.1, 0.15) is 19.4 Å². The first-order valence-electron chi connectivity index (χ1n) is 6.33. The van der Waals surface area contributed by atoms with Gasteiger partial charge in [0.2, 0.25) is 11.8 Å². The molecule has 0 radical (unpaired) electrons. The number of amides is 2. The van der Waals surface area contributed by atoms with Crippen LogP contribution in [0, 0.1) is 29.5 Å². The number of carbonyl (C=O) groups excluding carboxylic acids is 2. The van der Waals surface area contributed by atoms with Crippen molar-refractivity contribution in [2.75, 3.05) is 11.4 Å². The van der Waals surface area contributed by atoms with Gasteiger partial charge in [0.15, 0.2) is 0 Å². The molecule has 0 aromatic heterocycles. The molecule has 1 heterocycles. The van der Waals surface area contributed by atoms with Gasteiger partial charge in [0.05, 0.1) is 17.8 Å². The Labute approximate surface area is 116 Å². The van der Waals surface area contributed by atoms with Crippen molar-refractivity contribution < 1.29 is 14.0 Å². The van der Waals surface area contributed by atoms with Crippen LogP contribution in [0.5, 0.6) is 0 Å². The Morgan fingerprint density at radius 1 is 1.25 bits per heavy atom. The number of hydrogen-bond acceptors (Lipinski definition) is 3. The standard InChI is InChI=1S/C15H15FN2O2/c1-9-10(2)15(20)18(14(9)19)13-6-5-12(16)8-11(13)4-3-7-17/h5-6,8-10H,7,17H2,1-2H3. The molecule has 1 aromatic rings. The van der Waals surface area contributed by atoms with Gasteiger partial charge in [0, 0.05) is 11.8 Å². The summed E-state index contributed by atoms with van der Waals surface area (Å²) in [6, 6.07) is 3.81. The van der Waals surface area contributed by atoms with E-state index in [0.29, 0.717) is 11.3 Å². The lowest BCUT2D eigenvalue weighted by atomic mass is 10.00. The number of nitrogens with two attached hydrogens (primary N) is 1. The van der Waals surface area contributed by atoms with Gasteiger partial charge >= 0.3 is 0 Å². The van der Waals surface area contributed by atoms with Crippen molar-refractivity contribution in [1.82, 2.24) is 0 Å². The second-order valence-corrected chi connectivity index (χ2v) is 4.76. The third kappa shape index (κ3) is 2.30. The maximum Gasteiger partial charge on any atom is 0.237 e. The van der Waals surface area contributed by atoms with Crippen LogP contribution < -0.4 is 10.6 Å². The zero-order valence-electron chi connectivity index (χ0n) is 11.3. The second-order valence-electron chi connectivity index (χ2n) is 4.76. The molecule has 0 saturated carbocycles. The van der Waals surface area contributed by atoms with Crippen LogP contribution in [0.25, 0.3) is 0 Å². The number of carbonyl (C=O) groups is 2. The van der Waals surface area contributed by atoms with Crippen molar-refractivity contribution in [3.05, 3.63) is 29.6 Å². The molecule has 1 aliphatic heterocycles. The molecular formula is C15H15FN2O2. The van der Waals surface area contributed by atoms with Crippen molar-refractivity contribution in [1.29, 1.82) is 0 Å². The van der Waals surface area contributed by atoms with E-state index in [2.05, 4.69) is 11.8 Å². The minimum atomic E-state index is -0.477. The van der Waals surface area contributed by atoms with E-state index in [0.717, 1.165) is 4.90 Å². The molecule has 0 spiro atoms. The minimum absolute atomic E-state index is 0.116. The molecule has 1 fully saturated rings. The number of benzene rings is 1. The van der Waals surface area contributed by atoms with Crippen LogP contribution in [0.4, 0.5) is 10.1 Å². The average Bonchev–Trinajstić information content (AvgIpc) is 2.62. The molecule has 2 N–H and O–H groups in total. The highest BCUT2D eigenvalue weighted by Crippen LogP contribution is 2.32. The Balaban J connectivity index is 2.53. The molecule has 2 atom stereocenters. The van der Waals surface area contributed by atoms with Crippen molar-refractivity contribution in [2.45, 2.75) is 13.8 Å². The summed E-state index contributed by atoms with van der Waals surface area (Å²) >= 11 is 0. The fraction of sp³-hybridized carbons (Fsp3) is 0.333. The molecule has 2 unspecified atom stereocenters. The van der Waals surface area contributed by atoms with Crippen LogP contribution in [0.2, 0.25) is 0 Å². The summed E-state index contributed by atoms with van der Waals surface area (Å²) in [5.74, 6) is 3.49. The lowest BCUT2D eigenvalue weighted by molar-refractivity contribution is -0.122. The van der Waals surface area contributed by atoms with Crippen LogP contribution in [-0.2, 0) is 9.59 Å². The lowest BCUT2D eigenvalue weighted by Crippen LogP contribution is -2.31. The molecule has 20 heavy (non-hydrogen) atoms. The van der Waals surface area contributed by atoms with Gasteiger partial charge in [-0.1, -0.05) is 25.7 Å². The smallest absolute Gasteiger partial charge is 0.237 e. The summed E-state index contributed by atoms with van der Waals surface area (Å²) < 4.78 is 13.3. The zero-order chi connectivity index (χ0) is 14.9. The monoisotopic (exact) mass is 274 g/mol. The Hall–Kier alpha value is -2.19. The van der Waals surface area contributed by atoms with E-state index in [1.165, 1.54) is 18.2 Å². The third-order valence-corrected chi connectivity index (χ3v) is 3.49. The van der Waals surface area contributed by atoms with Crippen molar-refractivity contribution >= 4 is 17.5 Å². The van der Waals surface area contributed by atoms with Crippen molar-refractivity contribution in [3.8, 4) is 11.8 Å². The molecule has 2 rings (SSSR count). The van der Waals surface area contributed by atoms with Gasteiger partial charge in [0.25, 0.3) is 0 Å². The van der Waals surface area contributed by atoms with Crippen molar-refractivity contribution in [2.24, 2.45) is 17.6 Å². The molecular weight excluding hydrogens is 259 g/mol. The van der Waals surface area contributed by atoms with Gasteiger partial charge in [-0.2, -0.15) is 0 Å². The largest absolute Gasteiger partial charge is 0.320 e. The highest BCUT2D eigenvalue weighted by atomic mass is 19.1. The maximum absolute atomic E-state index is 13.3.